The number of ether oxygens (including phenoxy) is 1. The van der Waals surface area contributed by atoms with E-state index in [1.54, 1.807) is 6.07 Å². The Labute approximate surface area is 138 Å². The second-order valence-corrected chi connectivity index (χ2v) is 7.12. The van der Waals surface area contributed by atoms with Crippen LogP contribution in [0.5, 0.6) is 0 Å². The number of carbonyl (C=O) groups is 3. The molecule has 1 amide bonds. The number of furan rings is 1. The van der Waals surface area contributed by atoms with Gasteiger partial charge in [0.05, 0.1) is 24.4 Å². The van der Waals surface area contributed by atoms with Gasteiger partial charge in [0.15, 0.2) is 5.78 Å². The molecule has 1 fully saturated rings. The minimum atomic E-state index is -0.572. The Balaban J connectivity index is 2.18. The van der Waals surface area contributed by atoms with Crippen LogP contribution in [0.3, 0.4) is 0 Å². The molecular weight excluding hydrogens is 318 g/mol. The predicted octanol–water partition coefficient (Wildman–Crippen LogP) is 2.60. The van der Waals surface area contributed by atoms with Gasteiger partial charge in [0, 0.05) is 11.5 Å². The molecule has 0 aliphatic carbocycles. The largest absolute Gasteiger partial charge is 0.463 e. The molecule has 23 heavy (non-hydrogen) atoms. The number of methoxy groups -OCH3 is 1. The van der Waals surface area contributed by atoms with Gasteiger partial charge >= 0.3 is 5.97 Å². The van der Waals surface area contributed by atoms with Gasteiger partial charge in [-0.25, -0.2) is 4.79 Å². The van der Waals surface area contributed by atoms with Gasteiger partial charge < -0.3 is 9.15 Å². The van der Waals surface area contributed by atoms with E-state index in [2.05, 4.69) is 4.74 Å². The molecular formula is C16H19NO5S. The van der Waals surface area contributed by atoms with Gasteiger partial charge in [0.25, 0.3) is 0 Å². The highest BCUT2D eigenvalue weighted by Crippen LogP contribution is 2.32. The molecule has 0 atom stereocenters. The quantitative estimate of drug-likeness (QED) is 0.621. The summed E-state index contributed by atoms with van der Waals surface area (Å²) in [5.41, 5.74) is -0.506. The third kappa shape index (κ3) is 4.04. The van der Waals surface area contributed by atoms with Crippen LogP contribution in [-0.4, -0.2) is 35.4 Å². The average Bonchev–Trinajstić information content (AvgIpc) is 3.07. The van der Waals surface area contributed by atoms with Crippen LogP contribution in [0.4, 0.5) is 0 Å². The van der Waals surface area contributed by atoms with Crippen molar-refractivity contribution in [2.24, 2.45) is 5.41 Å². The number of hydrogen-bond acceptors (Lipinski definition) is 6. The van der Waals surface area contributed by atoms with Crippen molar-refractivity contribution in [2.45, 2.75) is 27.3 Å². The van der Waals surface area contributed by atoms with E-state index < -0.39 is 11.4 Å². The highest BCUT2D eigenvalue weighted by Gasteiger charge is 2.30. The SMILES string of the molecule is COC(=O)c1ccc(CN2C(=O)CS/C2=C\C(=O)C(C)(C)C)o1. The molecule has 7 heteroatoms. The van der Waals surface area contributed by atoms with Crippen molar-refractivity contribution in [3.8, 4) is 0 Å². The standard InChI is InChI=1S/C16H19NO5S/c1-16(2,3)12(18)7-14-17(13(19)9-23-14)8-10-5-6-11(22-10)15(20)21-4/h5-7H,8-9H2,1-4H3/b14-7-. The Kier molecular flexibility index (Phi) is 4.99. The highest BCUT2D eigenvalue weighted by molar-refractivity contribution is 8.04. The lowest BCUT2D eigenvalue weighted by Gasteiger charge is -2.18. The van der Waals surface area contributed by atoms with Crippen molar-refractivity contribution in [3.05, 3.63) is 34.8 Å². The zero-order chi connectivity index (χ0) is 17.2. The summed E-state index contributed by atoms with van der Waals surface area (Å²) in [5.74, 6) is 0.104. The first-order chi connectivity index (χ1) is 10.7. The van der Waals surface area contributed by atoms with E-state index >= 15 is 0 Å². The summed E-state index contributed by atoms with van der Waals surface area (Å²) in [6.45, 7) is 5.65. The first-order valence-electron chi connectivity index (χ1n) is 7.08. The maximum absolute atomic E-state index is 12.1. The monoisotopic (exact) mass is 337 g/mol. The minimum Gasteiger partial charge on any atom is -0.463 e. The molecule has 0 unspecified atom stereocenters. The zero-order valence-electron chi connectivity index (χ0n) is 13.5. The lowest BCUT2D eigenvalue weighted by molar-refractivity contribution is -0.126. The number of rotatable bonds is 4. The van der Waals surface area contributed by atoms with Crippen LogP contribution >= 0.6 is 11.8 Å². The molecule has 0 bridgehead atoms. The van der Waals surface area contributed by atoms with Gasteiger partial charge in [-0.15, -0.1) is 0 Å². The average molecular weight is 337 g/mol. The van der Waals surface area contributed by atoms with E-state index in [1.807, 2.05) is 20.8 Å². The van der Waals surface area contributed by atoms with Gasteiger partial charge in [-0.2, -0.15) is 0 Å². The fourth-order valence-electron chi connectivity index (χ4n) is 1.86. The van der Waals surface area contributed by atoms with Crippen LogP contribution in [0.2, 0.25) is 0 Å². The molecule has 6 nitrogen and oxygen atoms in total. The van der Waals surface area contributed by atoms with Crippen LogP contribution in [0, 0.1) is 5.41 Å². The van der Waals surface area contributed by atoms with Gasteiger partial charge in [0.2, 0.25) is 11.7 Å². The van der Waals surface area contributed by atoms with E-state index in [1.165, 1.54) is 35.9 Å². The van der Waals surface area contributed by atoms with Gasteiger partial charge in [-0.05, 0) is 12.1 Å². The number of allylic oxidation sites excluding steroid dienone is 1. The number of esters is 1. The van der Waals surface area contributed by atoms with Crippen LogP contribution in [-0.2, 0) is 20.9 Å². The molecule has 1 aromatic rings. The van der Waals surface area contributed by atoms with Crippen LogP contribution < -0.4 is 0 Å². The van der Waals surface area contributed by atoms with Crippen LogP contribution in [0.1, 0.15) is 37.1 Å². The number of hydrogen-bond donors (Lipinski definition) is 0. The molecule has 1 aliphatic heterocycles. The molecule has 2 heterocycles. The van der Waals surface area contributed by atoms with E-state index in [0.717, 1.165) is 0 Å². The first kappa shape index (κ1) is 17.3. The second-order valence-electron chi connectivity index (χ2n) is 6.12. The fourth-order valence-corrected chi connectivity index (χ4v) is 2.80. The van der Waals surface area contributed by atoms with Crippen molar-refractivity contribution < 1.29 is 23.5 Å². The summed E-state index contributed by atoms with van der Waals surface area (Å²) in [5, 5.41) is 0.603. The highest BCUT2D eigenvalue weighted by atomic mass is 32.2. The Morgan fingerprint density at radius 1 is 1.39 bits per heavy atom. The Morgan fingerprint density at radius 3 is 2.70 bits per heavy atom. The Morgan fingerprint density at radius 2 is 2.09 bits per heavy atom. The first-order valence-corrected chi connectivity index (χ1v) is 8.07. The number of amides is 1. The summed E-state index contributed by atoms with van der Waals surface area (Å²) in [7, 11) is 1.27. The van der Waals surface area contributed by atoms with Crippen molar-refractivity contribution in [1.29, 1.82) is 0 Å². The number of nitrogens with zero attached hydrogens (tertiary/aromatic N) is 1. The summed E-state index contributed by atoms with van der Waals surface area (Å²) < 4.78 is 9.96. The third-order valence-corrected chi connectivity index (χ3v) is 4.29. The number of thioether (sulfide) groups is 1. The molecule has 0 saturated carbocycles. The summed E-state index contributed by atoms with van der Waals surface area (Å²) in [4.78, 5) is 37.1. The van der Waals surface area contributed by atoms with Crippen LogP contribution in [0.25, 0.3) is 0 Å². The van der Waals surface area contributed by atoms with Gasteiger partial charge in [0.1, 0.15) is 5.76 Å². The molecule has 124 valence electrons. The smallest absolute Gasteiger partial charge is 0.373 e. The zero-order valence-corrected chi connectivity index (χ0v) is 14.4. The normalized spacial score (nSPS) is 17.0. The summed E-state index contributed by atoms with van der Waals surface area (Å²) in [6, 6.07) is 3.12. The molecule has 2 rings (SSSR count). The van der Waals surface area contributed by atoms with Gasteiger partial charge in [-0.1, -0.05) is 32.5 Å². The maximum Gasteiger partial charge on any atom is 0.373 e. The van der Waals surface area contributed by atoms with Gasteiger partial charge in [-0.3, -0.25) is 14.5 Å². The number of carbonyl (C=O) groups excluding carboxylic acids is 3. The topological polar surface area (TPSA) is 76.8 Å². The maximum atomic E-state index is 12.1. The number of ketones is 1. The third-order valence-electron chi connectivity index (χ3n) is 3.27. The molecule has 1 saturated heterocycles. The molecule has 0 aromatic carbocycles. The minimum absolute atomic E-state index is 0.0469. The second kappa shape index (κ2) is 6.62. The predicted molar refractivity (Wildman–Crippen MR) is 85.6 cm³/mol. The molecule has 1 aromatic heterocycles. The molecule has 0 radical (unpaired) electrons. The summed E-state index contributed by atoms with van der Waals surface area (Å²) >= 11 is 1.32. The fraction of sp³-hybridized carbons (Fsp3) is 0.438. The lowest BCUT2D eigenvalue weighted by atomic mass is 9.91. The lowest BCUT2D eigenvalue weighted by Crippen LogP contribution is -2.25. The van der Waals surface area contributed by atoms with E-state index in [9.17, 15) is 14.4 Å². The van der Waals surface area contributed by atoms with E-state index in [0.29, 0.717) is 10.8 Å². The molecule has 0 spiro atoms. The van der Waals surface area contributed by atoms with Crippen molar-refractivity contribution >= 4 is 29.4 Å². The van der Waals surface area contributed by atoms with Crippen LogP contribution in [0.15, 0.2) is 27.7 Å². The molecule has 0 N–H and O–H groups in total. The van der Waals surface area contributed by atoms with Crippen molar-refractivity contribution in [1.82, 2.24) is 4.90 Å². The Bertz CT molecular complexity index is 668. The van der Waals surface area contributed by atoms with Crippen molar-refractivity contribution in [3.63, 3.8) is 0 Å². The molecule has 1 aliphatic rings. The Hall–Kier alpha value is -2.02. The summed E-state index contributed by atoms with van der Waals surface area (Å²) in [6.07, 6.45) is 1.50. The van der Waals surface area contributed by atoms with E-state index in [-0.39, 0.29) is 29.7 Å². The van der Waals surface area contributed by atoms with Crippen molar-refractivity contribution in [2.75, 3.05) is 12.9 Å². The van der Waals surface area contributed by atoms with E-state index in [4.69, 9.17) is 4.42 Å².